The normalized spacial score (nSPS) is 47.5. The van der Waals surface area contributed by atoms with Crippen LogP contribution < -0.4 is 0 Å². The summed E-state index contributed by atoms with van der Waals surface area (Å²) in [5.74, 6) is 2.37. The Balaban J connectivity index is 1.47. The molecule has 0 saturated heterocycles. The van der Waals surface area contributed by atoms with Crippen molar-refractivity contribution >= 4 is 11.8 Å². The summed E-state index contributed by atoms with van der Waals surface area (Å²) in [7, 11) is 0. The van der Waals surface area contributed by atoms with Crippen molar-refractivity contribution in [3.63, 3.8) is 0 Å². The largest absolute Gasteiger partial charge is 0.458 e. The van der Waals surface area contributed by atoms with E-state index in [9.17, 15) is 9.59 Å². The van der Waals surface area contributed by atoms with Crippen LogP contribution in [0.15, 0.2) is 23.3 Å². The Morgan fingerprint density at radius 1 is 0.970 bits per heavy atom. The molecule has 0 aromatic heterocycles. The minimum atomic E-state index is -0.205. The van der Waals surface area contributed by atoms with Gasteiger partial charge in [-0.1, -0.05) is 59.3 Å². The number of hydrogen-bond donors (Lipinski definition) is 0. The Bertz CT molecular complexity index is 940. The van der Waals surface area contributed by atoms with E-state index in [2.05, 4.69) is 53.7 Å². The molecule has 0 bridgehead atoms. The highest BCUT2D eigenvalue weighted by Crippen LogP contribution is 2.73. The van der Waals surface area contributed by atoms with Crippen LogP contribution in [0.1, 0.15) is 99.8 Å². The first-order valence-electron chi connectivity index (χ1n) is 13.5. The van der Waals surface area contributed by atoms with Crippen molar-refractivity contribution < 1.29 is 14.3 Å². The Morgan fingerprint density at radius 2 is 1.70 bits per heavy atom. The van der Waals surface area contributed by atoms with E-state index < -0.39 is 0 Å². The van der Waals surface area contributed by atoms with Gasteiger partial charge in [-0.15, -0.1) is 0 Å². The molecule has 5 rings (SSSR count). The standard InChI is InChI=1S/C30H44O3/c1-18-8-10-23(33-26(18)32)19(2)20-12-16-30(7)22-9-11-24-27(3,4)25(31)14-15-28(24,5)21(22)13-17-29(20,30)6/h8,13,19-20,22-24H,9-12,14-17H2,1-7H3/t19-,20?,22?,23?,24?,28+,29+,30-/m0/s1. The third-order valence-electron chi connectivity index (χ3n) is 12.1. The second-order valence-electron chi connectivity index (χ2n) is 13.5. The maximum absolute atomic E-state index is 12.8. The zero-order valence-corrected chi connectivity index (χ0v) is 21.9. The van der Waals surface area contributed by atoms with E-state index in [0.717, 1.165) is 31.3 Å². The number of hydrogen-bond acceptors (Lipinski definition) is 3. The van der Waals surface area contributed by atoms with Gasteiger partial charge in [-0.05, 0) is 85.4 Å². The smallest absolute Gasteiger partial charge is 0.333 e. The van der Waals surface area contributed by atoms with Crippen LogP contribution >= 0.6 is 0 Å². The van der Waals surface area contributed by atoms with Crippen LogP contribution in [-0.2, 0) is 14.3 Å². The number of ketones is 1. The monoisotopic (exact) mass is 452 g/mol. The van der Waals surface area contributed by atoms with E-state index in [1.807, 2.05) is 6.92 Å². The molecular weight excluding hydrogens is 408 g/mol. The zero-order valence-electron chi connectivity index (χ0n) is 21.9. The quantitative estimate of drug-likeness (QED) is 0.333. The molecule has 1 aliphatic heterocycles. The highest BCUT2D eigenvalue weighted by Gasteiger charge is 2.65. The van der Waals surface area contributed by atoms with Crippen LogP contribution in [0.4, 0.5) is 0 Å². The molecular formula is C30H44O3. The fourth-order valence-electron chi connectivity index (χ4n) is 9.65. The molecule has 5 aliphatic rings. The van der Waals surface area contributed by atoms with Gasteiger partial charge in [0.05, 0.1) is 0 Å². The van der Waals surface area contributed by atoms with E-state index in [1.54, 1.807) is 5.57 Å². The van der Waals surface area contributed by atoms with Crippen molar-refractivity contribution in [2.45, 2.75) is 106 Å². The molecule has 0 spiro atoms. The lowest BCUT2D eigenvalue weighted by atomic mass is 9.41. The van der Waals surface area contributed by atoms with Crippen LogP contribution in [-0.4, -0.2) is 17.9 Å². The second-order valence-corrected chi connectivity index (χ2v) is 13.5. The maximum Gasteiger partial charge on any atom is 0.333 e. The SMILES string of the molecule is CC1=CCC([C@@H](C)C2CC[C@@]3(C)C4CCC5C(C)(C)C(=O)CC[C@]5(C)C4=CC[C@]23C)OC1=O. The Labute approximate surface area is 200 Å². The minimum absolute atomic E-state index is 0.00848. The predicted octanol–water partition coefficient (Wildman–Crippen LogP) is 7.06. The molecule has 182 valence electrons. The molecule has 3 heteroatoms. The van der Waals surface area contributed by atoms with Gasteiger partial charge < -0.3 is 4.74 Å². The molecule has 0 aromatic carbocycles. The molecule has 4 unspecified atom stereocenters. The first kappa shape index (κ1) is 23.4. The molecule has 8 atom stereocenters. The number of carbonyl (C=O) groups excluding carboxylic acids is 2. The second kappa shape index (κ2) is 7.31. The third kappa shape index (κ3) is 2.99. The number of carbonyl (C=O) groups is 2. The van der Waals surface area contributed by atoms with Crippen LogP contribution in [0.25, 0.3) is 0 Å². The number of allylic oxidation sites excluding steroid dienone is 2. The van der Waals surface area contributed by atoms with E-state index in [4.69, 9.17) is 4.74 Å². The van der Waals surface area contributed by atoms with Gasteiger partial charge in [0.25, 0.3) is 0 Å². The van der Waals surface area contributed by atoms with Crippen LogP contribution in [0.2, 0.25) is 0 Å². The van der Waals surface area contributed by atoms with Gasteiger partial charge in [0.1, 0.15) is 11.9 Å². The Morgan fingerprint density at radius 3 is 2.39 bits per heavy atom. The number of ether oxygens (including phenoxy) is 1. The summed E-state index contributed by atoms with van der Waals surface area (Å²) in [5, 5.41) is 0. The van der Waals surface area contributed by atoms with E-state index in [1.165, 1.54) is 25.7 Å². The highest BCUT2D eigenvalue weighted by atomic mass is 16.5. The van der Waals surface area contributed by atoms with Gasteiger partial charge in [0.15, 0.2) is 0 Å². The Hall–Kier alpha value is -1.38. The summed E-state index contributed by atoms with van der Waals surface area (Å²) < 4.78 is 5.90. The first-order chi connectivity index (χ1) is 15.4. The summed E-state index contributed by atoms with van der Waals surface area (Å²) in [6.07, 6.45) is 13.3. The molecule has 33 heavy (non-hydrogen) atoms. The van der Waals surface area contributed by atoms with Crippen molar-refractivity contribution in [3.05, 3.63) is 23.3 Å². The van der Waals surface area contributed by atoms with E-state index >= 15 is 0 Å². The van der Waals surface area contributed by atoms with Crippen molar-refractivity contribution in [2.24, 2.45) is 45.3 Å². The predicted molar refractivity (Wildman–Crippen MR) is 131 cm³/mol. The van der Waals surface area contributed by atoms with Gasteiger partial charge in [0, 0.05) is 23.8 Å². The van der Waals surface area contributed by atoms with Crippen molar-refractivity contribution in [3.8, 4) is 0 Å². The molecule has 1 heterocycles. The minimum Gasteiger partial charge on any atom is -0.458 e. The van der Waals surface area contributed by atoms with Crippen LogP contribution in [0.3, 0.4) is 0 Å². The Kier molecular flexibility index (Phi) is 5.18. The average Bonchev–Trinajstić information content (AvgIpc) is 3.04. The molecule has 3 saturated carbocycles. The number of cyclic esters (lactones) is 1. The van der Waals surface area contributed by atoms with Gasteiger partial charge in [-0.3, -0.25) is 4.79 Å². The van der Waals surface area contributed by atoms with E-state index in [0.29, 0.717) is 29.5 Å². The molecule has 4 aliphatic carbocycles. The summed E-state index contributed by atoms with van der Waals surface area (Å²) in [6, 6.07) is 0. The van der Waals surface area contributed by atoms with Gasteiger partial charge >= 0.3 is 5.97 Å². The summed E-state index contributed by atoms with van der Waals surface area (Å²) in [4.78, 5) is 25.1. The third-order valence-corrected chi connectivity index (χ3v) is 12.1. The lowest BCUT2D eigenvalue weighted by molar-refractivity contribution is -0.151. The molecule has 0 amide bonds. The summed E-state index contributed by atoms with van der Waals surface area (Å²) >= 11 is 0. The van der Waals surface area contributed by atoms with Gasteiger partial charge in [-0.25, -0.2) is 4.79 Å². The van der Waals surface area contributed by atoms with E-state index in [-0.39, 0.29) is 33.7 Å². The lowest BCUT2D eigenvalue weighted by Gasteiger charge is -2.63. The lowest BCUT2D eigenvalue weighted by Crippen LogP contribution is -2.57. The number of rotatable bonds is 2. The fourth-order valence-corrected chi connectivity index (χ4v) is 9.65. The molecule has 3 nitrogen and oxygen atoms in total. The molecule has 0 radical (unpaired) electrons. The van der Waals surface area contributed by atoms with Gasteiger partial charge in [0.2, 0.25) is 0 Å². The summed E-state index contributed by atoms with van der Waals surface area (Å²) in [5.41, 5.74) is 2.91. The van der Waals surface area contributed by atoms with Crippen molar-refractivity contribution in [1.82, 2.24) is 0 Å². The van der Waals surface area contributed by atoms with Crippen molar-refractivity contribution in [1.29, 1.82) is 0 Å². The fraction of sp³-hybridized carbons (Fsp3) is 0.800. The van der Waals surface area contributed by atoms with Crippen LogP contribution in [0.5, 0.6) is 0 Å². The summed E-state index contributed by atoms with van der Waals surface area (Å²) in [6.45, 7) is 16.2. The average molecular weight is 453 g/mol. The topological polar surface area (TPSA) is 43.4 Å². The first-order valence-corrected chi connectivity index (χ1v) is 13.5. The molecule has 0 N–H and O–H groups in total. The number of esters is 1. The highest BCUT2D eigenvalue weighted by molar-refractivity contribution is 5.88. The van der Waals surface area contributed by atoms with Crippen molar-refractivity contribution in [2.75, 3.05) is 0 Å². The number of Topliss-reactive ketones (excluding diaryl/α,β-unsaturated/α-hetero) is 1. The zero-order chi connectivity index (χ0) is 24.0. The number of fused-ring (bicyclic) bond motifs is 5. The van der Waals surface area contributed by atoms with Gasteiger partial charge in [-0.2, -0.15) is 0 Å². The molecule has 3 fully saturated rings. The van der Waals surface area contributed by atoms with Crippen LogP contribution in [0, 0.1) is 45.3 Å². The molecule has 0 aromatic rings. The maximum atomic E-state index is 12.8.